The van der Waals surface area contributed by atoms with Crippen molar-refractivity contribution in [3.8, 4) is 5.75 Å². The van der Waals surface area contributed by atoms with Crippen LogP contribution in [0.1, 0.15) is 11.8 Å². The highest BCUT2D eigenvalue weighted by Gasteiger charge is 2.09. The van der Waals surface area contributed by atoms with E-state index < -0.39 is 6.23 Å². The number of aliphatic hydroxyl groups excluding tert-OH is 1. The maximum absolute atomic E-state index is 9.14. The summed E-state index contributed by atoms with van der Waals surface area (Å²) < 4.78 is 5.01. The lowest BCUT2D eigenvalue weighted by Gasteiger charge is -2.06. The molecule has 60 valence electrons. The Morgan fingerprint density at radius 3 is 2.55 bits per heavy atom. The van der Waals surface area contributed by atoms with E-state index in [1.165, 1.54) is 0 Å². The molecule has 1 aromatic carbocycles. The Morgan fingerprint density at radius 1 is 1.45 bits per heavy atom. The van der Waals surface area contributed by atoms with Crippen LogP contribution >= 0.6 is 0 Å². The number of quaternary nitrogens is 1. The van der Waals surface area contributed by atoms with Gasteiger partial charge in [-0.25, -0.2) is 0 Å². The van der Waals surface area contributed by atoms with Gasteiger partial charge < -0.3 is 15.6 Å². The lowest BCUT2D eigenvalue weighted by Crippen LogP contribution is -2.53. The molecule has 3 heteroatoms. The second-order valence-corrected chi connectivity index (χ2v) is 2.26. The predicted molar refractivity (Wildman–Crippen MR) is 40.8 cm³/mol. The molecule has 0 saturated carbocycles. The van der Waals surface area contributed by atoms with Gasteiger partial charge in [0.15, 0.2) is 0 Å². The summed E-state index contributed by atoms with van der Waals surface area (Å²) in [6.45, 7) is 0. The van der Waals surface area contributed by atoms with E-state index in [9.17, 15) is 0 Å². The monoisotopic (exact) mass is 154 g/mol. The third-order valence-electron chi connectivity index (χ3n) is 1.50. The maximum atomic E-state index is 9.14. The summed E-state index contributed by atoms with van der Waals surface area (Å²) >= 11 is 0. The summed E-state index contributed by atoms with van der Waals surface area (Å²) in [5.74, 6) is 0.676. The molecule has 0 aromatic heterocycles. The molecule has 0 aliphatic carbocycles. The minimum absolute atomic E-state index is 0.676. The first kappa shape index (κ1) is 8.04. The molecule has 1 atom stereocenters. The van der Waals surface area contributed by atoms with Gasteiger partial charge in [0.05, 0.1) is 12.7 Å². The van der Waals surface area contributed by atoms with Gasteiger partial charge in [-0.2, -0.15) is 0 Å². The van der Waals surface area contributed by atoms with E-state index in [1.54, 1.807) is 19.2 Å². The molecule has 0 aliphatic rings. The molecule has 0 saturated heterocycles. The third-order valence-corrected chi connectivity index (χ3v) is 1.50. The number of benzene rings is 1. The first-order valence-corrected chi connectivity index (χ1v) is 3.39. The molecule has 3 nitrogen and oxygen atoms in total. The van der Waals surface area contributed by atoms with E-state index in [2.05, 4.69) is 5.73 Å². The zero-order valence-electron chi connectivity index (χ0n) is 6.45. The van der Waals surface area contributed by atoms with Crippen LogP contribution in [0.15, 0.2) is 24.3 Å². The largest absolute Gasteiger partial charge is 0.496 e. The number of para-hydroxylation sites is 1. The van der Waals surface area contributed by atoms with E-state index in [4.69, 9.17) is 9.84 Å². The van der Waals surface area contributed by atoms with E-state index in [-0.39, 0.29) is 0 Å². The summed E-state index contributed by atoms with van der Waals surface area (Å²) in [4.78, 5) is 0. The predicted octanol–water partition coefficient (Wildman–Crippen LogP) is -0.0720. The summed E-state index contributed by atoms with van der Waals surface area (Å²) in [6.07, 6.45) is -0.717. The maximum Gasteiger partial charge on any atom is 0.216 e. The normalized spacial score (nSPS) is 12.6. The van der Waals surface area contributed by atoms with Crippen LogP contribution in [0.4, 0.5) is 0 Å². The Labute approximate surface area is 65.4 Å². The van der Waals surface area contributed by atoms with Crippen LogP contribution < -0.4 is 10.5 Å². The molecular formula is C8H12NO2+. The van der Waals surface area contributed by atoms with Crippen molar-refractivity contribution in [1.29, 1.82) is 0 Å². The van der Waals surface area contributed by atoms with Crippen molar-refractivity contribution in [2.24, 2.45) is 0 Å². The van der Waals surface area contributed by atoms with Crippen LogP contribution in [0.5, 0.6) is 5.75 Å². The lowest BCUT2D eigenvalue weighted by atomic mass is 10.2. The summed E-state index contributed by atoms with van der Waals surface area (Å²) in [7, 11) is 1.57. The van der Waals surface area contributed by atoms with Crippen LogP contribution in [0.2, 0.25) is 0 Å². The molecule has 0 amide bonds. The van der Waals surface area contributed by atoms with Crippen molar-refractivity contribution in [3.63, 3.8) is 0 Å². The lowest BCUT2D eigenvalue weighted by molar-refractivity contribution is -0.490. The number of hydrogen-bond acceptors (Lipinski definition) is 2. The van der Waals surface area contributed by atoms with Gasteiger partial charge in [0.2, 0.25) is 6.23 Å². The van der Waals surface area contributed by atoms with Crippen molar-refractivity contribution in [2.75, 3.05) is 7.11 Å². The second kappa shape index (κ2) is 3.37. The Kier molecular flexibility index (Phi) is 2.46. The van der Waals surface area contributed by atoms with Crippen molar-refractivity contribution in [3.05, 3.63) is 29.8 Å². The molecule has 0 radical (unpaired) electrons. The molecule has 1 unspecified atom stereocenters. The molecule has 0 heterocycles. The zero-order valence-corrected chi connectivity index (χ0v) is 6.45. The highest BCUT2D eigenvalue weighted by molar-refractivity contribution is 5.33. The fourth-order valence-electron chi connectivity index (χ4n) is 0.942. The van der Waals surface area contributed by atoms with Crippen LogP contribution in [0.3, 0.4) is 0 Å². The quantitative estimate of drug-likeness (QED) is 0.586. The Balaban J connectivity index is 3.02. The molecule has 0 spiro atoms. The van der Waals surface area contributed by atoms with Gasteiger partial charge in [0.25, 0.3) is 0 Å². The summed E-state index contributed by atoms with van der Waals surface area (Å²) in [6, 6.07) is 7.28. The fraction of sp³-hybridized carbons (Fsp3) is 0.250. The molecule has 4 N–H and O–H groups in total. The van der Waals surface area contributed by atoms with Gasteiger partial charge >= 0.3 is 0 Å². The SMILES string of the molecule is COc1ccccc1C([NH3+])O. The fourth-order valence-corrected chi connectivity index (χ4v) is 0.942. The van der Waals surface area contributed by atoms with Crippen LogP contribution in [0.25, 0.3) is 0 Å². The smallest absolute Gasteiger partial charge is 0.216 e. The molecule has 1 aromatic rings. The van der Waals surface area contributed by atoms with Gasteiger partial charge in [-0.05, 0) is 12.1 Å². The van der Waals surface area contributed by atoms with Gasteiger partial charge in [0, 0.05) is 0 Å². The molecule has 0 bridgehead atoms. The topological polar surface area (TPSA) is 57.1 Å². The van der Waals surface area contributed by atoms with Crippen molar-refractivity contribution >= 4 is 0 Å². The van der Waals surface area contributed by atoms with Crippen LogP contribution in [-0.2, 0) is 0 Å². The van der Waals surface area contributed by atoms with Gasteiger partial charge in [-0.1, -0.05) is 12.1 Å². The minimum atomic E-state index is -0.717. The Hall–Kier alpha value is -1.06. The number of methoxy groups -OCH3 is 1. The van der Waals surface area contributed by atoms with E-state index in [0.717, 1.165) is 5.56 Å². The number of rotatable bonds is 2. The highest BCUT2D eigenvalue weighted by Crippen LogP contribution is 2.19. The first-order chi connectivity index (χ1) is 5.25. The number of hydrogen-bond donors (Lipinski definition) is 2. The minimum Gasteiger partial charge on any atom is -0.496 e. The summed E-state index contributed by atoms with van der Waals surface area (Å²) in [5, 5.41) is 9.14. The van der Waals surface area contributed by atoms with E-state index in [1.807, 2.05) is 12.1 Å². The van der Waals surface area contributed by atoms with Gasteiger partial charge in [0.1, 0.15) is 5.75 Å². The third kappa shape index (κ3) is 1.69. The zero-order chi connectivity index (χ0) is 8.27. The molecule has 0 aliphatic heterocycles. The molecule has 11 heavy (non-hydrogen) atoms. The van der Waals surface area contributed by atoms with Crippen LogP contribution in [-0.4, -0.2) is 12.2 Å². The van der Waals surface area contributed by atoms with Gasteiger partial charge in [-0.3, -0.25) is 0 Å². The Morgan fingerprint density at radius 2 is 2.09 bits per heavy atom. The molecule has 0 fully saturated rings. The first-order valence-electron chi connectivity index (χ1n) is 3.39. The van der Waals surface area contributed by atoms with E-state index in [0.29, 0.717) is 5.75 Å². The second-order valence-electron chi connectivity index (χ2n) is 2.26. The average molecular weight is 154 g/mol. The highest BCUT2D eigenvalue weighted by atomic mass is 16.5. The standard InChI is InChI=1S/C8H11NO2/c1-11-7-5-3-2-4-6(7)8(9)10/h2-5,8,10H,9H2,1H3/p+1. The average Bonchev–Trinajstić information content (AvgIpc) is 2.04. The molecular weight excluding hydrogens is 142 g/mol. The Bertz CT molecular complexity index is 235. The van der Waals surface area contributed by atoms with Crippen LogP contribution in [0, 0.1) is 0 Å². The number of ether oxygens (including phenoxy) is 1. The van der Waals surface area contributed by atoms with E-state index >= 15 is 0 Å². The summed E-state index contributed by atoms with van der Waals surface area (Å²) in [5.41, 5.74) is 4.21. The number of aliphatic hydroxyl groups is 1. The van der Waals surface area contributed by atoms with Crippen molar-refractivity contribution < 1.29 is 15.6 Å². The van der Waals surface area contributed by atoms with Gasteiger partial charge in [-0.15, -0.1) is 0 Å². The van der Waals surface area contributed by atoms with Crippen molar-refractivity contribution in [1.82, 2.24) is 0 Å². The molecule has 1 rings (SSSR count). The van der Waals surface area contributed by atoms with Crippen molar-refractivity contribution in [2.45, 2.75) is 6.23 Å².